The molecule has 0 bridgehead atoms. The number of carbonyl (C=O) groups is 1. The molecule has 2 aromatic rings. The lowest BCUT2D eigenvalue weighted by molar-refractivity contribution is -0.933. The molecular weight excluding hydrogens is 334 g/mol. The van der Waals surface area contributed by atoms with Crippen LogP contribution in [-0.2, 0) is 11.8 Å². The van der Waals surface area contributed by atoms with E-state index >= 15 is 0 Å². The SMILES string of the molecule is Cc1nnc(SCC(=O)N2CC[NH+]([C@H](C)c3ccccc3)CC2)n1C. The highest BCUT2D eigenvalue weighted by Crippen LogP contribution is 2.16. The summed E-state index contributed by atoms with van der Waals surface area (Å²) in [5.41, 5.74) is 1.37. The number of hydrogen-bond donors (Lipinski definition) is 1. The quantitative estimate of drug-likeness (QED) is 0.798. The average molecular weight is 361 g/mol. The van der Waals surface area contributed by atoms with Gasteiger partial charge in [-0.2, -0.15) is 0 Å². The fraction of sp³-hybridized carbons (Fsp3) is 0.500. The molecule has 0 saturated carbocycles. The second kappa shape index (κ2) is 8.01. The van der Waals surface area contributed by atoms with Crippen LogP contribution in [0.15, 0.2) is 35.5 Å². The summed E-state index contributed by atoms with van der Waals surface area (Å²) in [5, 5.41) is 8.93. The van der Waals surface area contributed by atoms with Gasteiger partial charge >= 0.3 is 0 Å². The van der Waals surface area contributed by atoms with Crippen LogP contribution in [0.2, 0.25) is 0 Å². The summed E-state index contributed by atoms with van der Waals surface area (Å²) in [7, 11) is 1.93. The third kappa shape index (κ3) is 4.22. The number of hydrogen-bond acceptors (Lipinski definition) is 4. The minimum absolute atomic E-state index is 0.192. The lowest BCUT2D eigenvalue weighted by Crippen LogP contribution is -3.14. The number of amides is 1. The Kier molecular flexibility index (Phi) is 5.75. The van der Waals surface area contributed by atoms with E-state index in [9.17, 15) is 4.79 Å². The molecule has 2 heterocycles. The average Bonchev–Trinajstić information content (AvgIpc) is 2.98. The smallest absolute Gasteiger partial charge is 0.233 e. The molecule has 0 spiro atoms. The zero-order valence-electron chi connectivity index (χ0n) is 15.1. The van der Waals surface area contributed by atoms with Gasteiger partial charge in [-0.25, -0.2) is 0 Å². The highest BCUT2D eigenvalue weighted by Gasteiger charge is 2.27. The van der Waals surface area contributed by atoms with E-state index < -0.39 is 0 Å². The zero-order chi connectivity index (χ0) is 17.8. The van der Waals surface area contributed by atoms with Crippen molar-refractivity contribution in [2.75, 3.05) is 31.9 Å². The van der Waals surface area contributed by atoms with E-state index in [4.69, 9.17) is 0 Å². The largest absolute Gasteiger partial charge is 0.331 e. The summed E-state index contributed by atoms with van der Waals surface area (Å²) < 4.78 is 1.92. The Labute approximate surface area is 153 Å². The van der Waals surface area contributed by atoms with Crippen molar-refractivity contribution in [1.29, 1.82) is 0 Å². The van der Waals surface area contributed by atoms with Crippen molar-refractivity contribution >= 4 is 17.7 Å². The van der Waals surface area contributed by atoms with Gasteiger partial charge in [-0.1, -0.05) is 42.1 Å². The first-order chi connectivity index (χ1) is 12.1. The third-order valence-corrected chi connectivity index (χ3v) is 6.05. The van der Waals surface area contributed by atoms with Gasteiger partial charge in [-0.15, -0.1) is 10.2 Å². The molecule has 1 amide bonds. The number of aromatic nitrogens is 3. The number of rotatable bonds is 5. The second-order valence-corrected chi connectivity index (χ2v) is 7.49. The van der Waals surface area contributed by atoms with Crippen molar-refractivity contribution in [1.82, 2.24) is 19.7 Å². The summed E-state index contributed by atoms with van der Waals surface area (Å²) in [6.07, 6.45) is 0. The Balaban J connectivity index is 1.48. The molecule has 7 heteroatoms. The van der Waals surface area contributed by atoms with Gasteiger partial charge < -0.3 is 14.4 Å². The summed E-state index contributed by atoms with van der Waals surface area (Å²) in [6.45, 7) is 7.82. The number of aryl methyl sites for hydroxylation is 1. The molecular formula is C18H26N5OS+. The molecule has 1 N–H and O–H groups in total. The Morgan fingerprint density at radius 3 is 2.52 bits per heavy atom. The molecule has 134 valence electrons. The number of benzene rings is 1. The van der Waals surface area contributed by atoms with Crippen LogP contribution >= 0.6 is 11.8 Å². The van der Waals surface area contributed by atoms with E-state index in [0.29, 0.717) is 11.8 Å². The first-order valence-electron chi connectivity index (χ1n) is 8.72. The molecule has 1 aromatic heterocycles. The topological polar surface area (TPSA) is 55.5 Å². The monoisotopic (exact) mass is 360 g/mol. The Hall–Kier alpha value is -1.86. The first-order valence-corrected chi connectivity index (χ1v) is 9.71. The predicted molar refractivity (Wildman–Crippen MR) is 98.6 cm³/mol. The van der Waals surface area contributed by atoms with Crippen LogP contribution in [0.3, 0.4) is 0 Å². The van der Waals surface area contributed by atoms with Crippen LogP contribution in [0.25, 0.3) is 0 Å². The molecule has 3 rings (SSSR count). The summed E-state index contributed by atoms with van der Waals surface area (Å²) in [4.78, 5) is 16.0. The van der Waals surface area contributed by atoms with Crippen LogP contribution in [0.4, 0.5) is 0 Å². The van der Waals surface area contributed by atoms with Gasteiger partial charge in [0.15, 0.2) is 5.16 Å². The van der Waals surface area contributed by atoms with Crippen molar-refractivity contribution in [2.45, 2.75) is 25.0 Å². The van der Waals surface area contributed by atoms with E-state index in [1.807, 2.05) is 23.4 Å². The number of carbonyl (C=O) groups excluding carboxylic acids is 1. The maximum absolute atomic E-state index is 12.5. The standard InChI is InChI=1S/C18H25N5OS/c1-14(16-7-5-4-6-8-16)22-9-11-23(12-10-22)17(24)13-25-18-20-19-15(2)21(18)3/h4-8,14H,9-13H2,1-3H3/p+1/t14-/m1/s1. The van der Waals surface area contributed by atoms with E-state index in [2.05, 4.69) is 47.5 Å². The van der Waals surface area contributed by atoms with Gasteiger partial charge in [-0.05, 0) is 13.8 Å². The molecule has 0 unspecified atom stereocenters. The molecule has 1 saturated heterocycles. The normalized spacial score (nSPS) is 16.8. The van der Waals surface area contributed by atoms with Crippen molar-refractivity contribution in [3.8, 4) is 0 Å². The third-order valence-electron chi connectivity index (χ3n) is 5.05. The molecule has 0 radical (unpaired) electrons. The highest BCUT2D eigenvalue weighted by molar-refractivity contribution is 7.99. The minimum atomic E-state index is 0.192. The molecule has 6 nitrogen and oxygen atoms in total. The van der Waals surface area contributed by atoms with E-state index in [1.54, 1.807) is 4.90 Å². The molecule has 1 fully saturated rings. The van der Waals surface area contributed by atoms with Gasteiger partial charge in [-0.3, -0.25) is 4.79 Å². The van der Waals surface area contributed by atoms with Gasteiger partial charge in [0.05, 0.1) is 31.9 Å². The van der Waals surface area contributed by atoms with Crippen LogP contribution in [-0.4, -0.2) is 57.5 Å². The molecule has 1 aliphatic heterocycles. The molecule has 1 aliphatic rings. The van der Waals surface area contributed by atoms with Gasteiger partial charge in [0.2, 0.25) is 5.91 Å². The lowest BCUT2D eigenvalue weighted by Gasteiger charge is -2.35. The number of piperazine rings is 1. The second-order valence-electron chi connectivity index (χ2n) is 6.55. The van der Waals surface area contributed by atoms with Crippen LogP contribution in [0.1, 0.15) is 24.4 Å². The highest BCUT2D eigenvalue weighted by atomic mass is 32.2. The minimum Gasteiger partial charge on any atom is -0.331 e. The number of thioether (sulfide) groups is 1. The molecule has 25 heavy (non-hydrogen) atoms. The van der Waals surface area contributed by atoms with Crippen molar-refractivity contribution in [2.24, 2.45) is 7.05 Å². The van der Waals surface area contributed by atoms with E-state index in [0.717, 1.165) is 37.2 Å². The summed E-state index contributed by atoms with van der Waals surface area (Å²) in [6, 6.07) is 11.1. The fourth-order valence-corrected chi connectivity index (χ4v) is 4.04. The maximum atomic E-state index is 12.5. The van der Waals surface area contributed by atoms with Crippen molar-refractivity contribution < 1.29 is 9.69 Å². The Bertz CT molecular complexity index is 710. The van der Waals surface area contributed by atoms with Crippen molar-refractivity contribution in [3.05, 3.63) is 41.7 Å². The predicted octanol–water partition coefficient (Wildman–Crippen LogP) is 0.704. The Morgan fingerprint density at radius 1 is 1.24 bits per heavy atom. The maximum Gasteiger partial charge on any atom is 0.233 e. The summed E-state index contributed by atoms with van der Waals surface area (Å²) >= 11 is 1.46. The van der Waals surface area contributed by atoms with Gasteiger partial charge in [0.1, 0.15) is 11.9 Å². The van der Waals surface area contributed by atoms with Gasteiger partial charge in [0, 0.05) is 12.6 Å². The Morgan fingerprint density at radius 2 is 1.92 bits per heavy atom. The van der Waals surface area contributed by atoms with Crippen LogP contribution in [0.5, 0.6) is 0 Å². The van der Waals surface area contributed by atoms with E-state index in [1.165, 1.54) is 17.3 Å². The number of quaternary nitrogens is 1. The van der Waals surface area contributed by atoms with Crippen LogP contribution in [0, 0.1) is 6.92 Å². The molecule has 1 atom stereocenters. The first kappa shape index (κ1) is 17.9. The van der Waals surface area contributed by atoms with Crippen LogP contribution < -0.4 is 4.90 Å². The fourth-order valence-electron chi connectivity index (χ4n) is 3.18. The summed E-state index contributed by atoms with van der Waals surface area (Å²) in [5.74, 6) is 1.48. The van der Waals surface area contributed by atoms with E-state index in [-0.39, 0.29) is 5.91 Å². The lowest BCUT2D eigenvalue weighted by atomic mass is 10.1. The molecule has 0 aliphatic carbocycles. The van der Waals surface area contributed by atoms with Gasteiger partial charge in [0.25, 0.3) is 0 Å². The number of nitrogens with zero attached hydrogens (tertiary/aromatic N) is 4. The van der Waals surface area contributed by atoms with Crippen molar-refractivity contribution in [3.63, 3.8) is 0 Å². The zero-order valence-corrected chi connectivity index (χ0v) is 15.9. The molecule has 1 aromatic carbocycles. The number of nitrogens with one attached hydrogen (secondary N) is 1.